The third-order valence-corrected chi connectivity index (χ3v) is 3.49. The van der Waals surface area contributed by atoms with Gasteiger partial charge in [-0.25, -0.2) is 0 Å². The summed E-state index contributed by atoms with van der Waals surface area (Å²) in [6, 6.07) is 9.05. The van der Waals surface area contributed by atoms with Crippen molar-refractivity contribution in [1.29, 1.82) is 5.26 Å². The molecule has 1 aliphatic rings. The van der Waals surface area contributed by atoms with Crippen molar-refractivity contribution in [2.45, 2.75) is 12.8 Å². The van der Waals surface area contributed by atoms with Gasteiger partial charge in [-0.15, -0.1) is 0 Å². The Balaban J connectivity index is 1.94. The molecule has 5 heteroatoms. The number of carboxylic acid groups (broad SMARTS) is 1. The van der Waals surface area contributed by atoms with Crippen molar-refractivity contribution < 1.29 is 14.7 Å². The smallest absolute Gasteiger partial charge is 0.303 e. The molecule has 0 saturated carbocycles. The molecular weight excluding hydrogens is 268 g/mol. The maximum absolute atomic E-state index is 12.0. The molecule has 21 heavy (non-hydrogen) atoms. The summed E-state index contributed by atoms with van der Waals surface area (Å²) in [6.45, 7) is 1.09. The highest BCUT2D eigenvalue weighted by molar-refractivity contribution is 5.92. The van der Waals surface area contributed by atoms with Crippen LogP contribution < -0.4 is 0 Å². The van der Waals surface area contributed by atoms with Crippen LogP contribution in [-0.4, -0.2) is 35.0 Å². The number of hydrogen-bond acceptors (Lipinski definition) is 3. The van der Waals surface area contributed by atoms with E-state index in [0.717, 1.165) is 12.0 Å². The van der Waals surface area contributed by atoms with Crippen LogP contribution in [0.1, 0.15) is 24.0 Å². The minimum absolute atomic E-state index is 0.0433. The number of carbonyl (C=O) groups is 2. The monoisotopic (exact) mass is 284 g/mol. The van der Waals surface area contributed by atoms with Crippen LogP contribution in [0.25, 0.3) is 6.08 Å². The lowest BCUT2D eigenvalue weighted by molar-refractivity contribution is -0.138. The number of carboxylic acids is 1. The van der Waals surface area contributed by atoms with Gasteiger partial charge in [-0.3, -0.25) is 9.59 Å². The molecule has 1 aliphatic heterocycles. The molecule has 1 N–H and O–H groups in total. The topological polar surface area (TPSA) is 81.4 Å². The number of carbonyl (C=O) groups excluding carboxylic acids is 1. The second-order valence-electron chi connectivity index (χ2n) is 5.11. The first-order valence-corrected chi connectivity index (χ1v) is 6.77. The van der Waals surface area contributed by atoms with Crippen molar-refractivity contribution >= 4 is 18.0 Å². The maximum atomic E-state index is 12.0. The van der Waals surface area contributed by atoms with Crippen LogP contribution in [0.4, 0.5) is 0 Å². The van der Waals surface area contributed by atoms with Gasteiger partial charge in [-0.2, -0.15) is 5.26 Å². The fourth-order valence-electron chi connectivity index (χ4n) is 2.43. The summed E-state index contributed by atoms with van der Waals surface area (Å²) < 4.78 is 0. The van der Waals surface area contributed by atoms with E-state index in [1.807, 2.05) is 12.1 Å². The molecule has 1 atom stereocenters. The Bertz CT molecular complexity index is 616. The molecule has 0 bridgehead atoms. The Morgan fingerprint density at radius 2 is 2.29 bits per heavy atom. The summed E-state index contributed by atoms with van der Waals surface area (Å²) >= 11 is 0. The van der Waals surface area contributed by atoms with Crippen molar-refractivity contribution in [3.8, 4) is 6.07 Å². The standard InChI is InChI=1S/C16H16N2O3/c17-10-13-3-1-2-12(8-13)4-5-15(19)18-7-6-14(11-18)9-16(20)21/h1-5,8,14H,6-7,9,11H2,(H,20,21). The fraction of sp³-hybridized carbons (Fsp3) is 0.312. The Labute approximate surface area is 123 Å². The normalized spacial score (nSPS) is 17.9. The molecule has 1 fully saturated rings. The highest BCUT2D eigenvalue weighted by Crippen LogP contribution is 2.20. The molecule has 2 rings (SSSR count). The number of nitrogens with zero attached hydrogens (tertiary/aromatic N) is 2. The van der Waals surface area contributed by atoms with Crippen molar-refractivity contribution in [1.82, 2.24) is 4.90 Å². The molecule has 1 saturated heterocycles. The van der Waals surface area contributed by atoms with Gasteiger partial charge in [0, 0.05) is 25.6 Å². The van der Waals surface area contributed by atoms with Crippen LogP contribution in [0.3, 0.4) is 0 Å². The quantitative estimate of drug-likeness (QED) is 0.856. The summed E-state index contributed by atoms with van der Waals surface area (Å²) in [4.78, 5) is 24.4. The summed E-state index contributed by atoms with van der Waals surface area (Å²) in [5.74, 6) is -0.898. The molecule has 1 amide bonds. The lowest BCUT2D eigenvalue weighted by Crippen LogP contribution is -2.27. The Morgan fingerprint density at radius 3 is 3.00 bits per heavy atom. The van der Waals surface area contributed by atoms with Crippen LogP contribution in [0.15, 0.2) is 30.3 Å². The molecule has 0 spiro atoms. The molecule has 0 radical (unpaired) electrons. The lowest BCUT2D eigenvalue weighted by atomic mass is 10.1. The zero-order valence-corrected chi connectivity index (χ0v) is 11.5. The number of rotatable bonds is 4. The van der Waals surface area contributed by atoms with Crippen LogP contribution in [0, 0.1) is 17.2 Å². The number of benzene rings is 1. The van der Waals surface area contributed by atoms with E-state index in [0.29, 0.717) is 18.7 Å². The van der Waals surface area contributed by atoms with E-state index >= 15 is 0 Å². The minimum atomic E-state index is -0.821. The number of nitriles is 1. The van der Waals surface area contributed by atoms with E-state index in [1.54, 1.807) is 29.2 Å². The van der Waals surface area contributed by atoms with E-state index in [4.69, 9.17) is 10.4 Å². The van der Waals surface area contributed by atoms with E-state index in [1.165, 1.54) is 6.08 Å². The molecule has 1 aromatic carbocycles. The summed E-state index contributed by atoms with van der Waals surface area (Å²) in [5.41, 5.74) is 1.34. The number of hydrogen-bond donors (Lipinski definition) is 1. The minimum Gasteiger partial charge on any atom is -0.481 e. The van der Waals surface area contributed by atoms with Gasteiger partial charge >= 0.3 is 5.97 Å². The Kier molecular flexibility index (Phi) is 4.72. The maximum Gasteiger partial charge on any atom is 0.303 e. The second-order valence-corrected chi connectivity index (χ2v) is 5.11. The Morgan fingerprint density at radius 1 is 1.48 bits per heavy atom. The van der Waals surface area contributed by atoms with Crippen LogP contribution in [0.5, 0.6) is 0 Å². The van der Waals surface area contributed by atoms with Gasteiger partial charge in [0.2, 0.25) is 5.91 Å². The average Bonchev–Trinajstić information content (AvgIpc) is 2.92. The molecule has 1 aromatic rings. The van der Waals surface area contributed by atoms with Crippen molar-refractivity contribution in [3.63, 3.8) is 0 Å². The van der Waals surface area contributed by atoms with Crippen LogP contribution >= 0.6 is 0 Å². The molecular formula is C16H16N2O3. The van der Waals surface area contributed by atoms with Gasteiger partial charge in [0.25, 0.3) is 0 Å². The molecule has 0 aromatic heterocycles. The predicted octanol–water partition coefficient (Wildman–Crippen LogP) is 1.89. The summed E-state index contributed by atoms with van der Waals surface area (Å²) in [6.07, 6.45) is 3.99. The average molecular weight is 284 g/mol. The largest absolute Gasteiger partial charge is 0.481 e. The first kappa shape index (κ1) is 14.8. The SMILES string of the molecule is N#Cc1cccc(C=CC(=O)N2CCC(CC(=O)O)C2)c1. The van der Waals surface area contributed by atoms with Crippen LogP contribution in [0.2, 0.25) is 0 Å². The van der Waals surface area contributed by atoms with Gasteiger partial charge in [0.1, 0.15) is 0 Å². The zero-order valence-electron chi connectivity index (χ0n) is 11.5. The van der Waals surface area contributed by atoms with Crippen LogP contribution in [-0.2, 0) is 9.59 Å². The molecule has 5 nitrogen and oxygen atoms in total. The second kappa shape index (κ2) is 6.71. The number of aliphatic carboxylic acids is 1. The Hall–Kier alpha value is -2.61. The first-order chi connectivity index (χ1) is 10.1. The van der Waals surface area contributed by atoms with Crippen molar-refractivity contribution in [3.05, 3.63) is 41.5 Å². The molecule has 0 aliphatic carbocycles. The molecule has 1 heterocycles. The van der Waals surface area contributed by atoms with Crippen molar-refractivity contribution in [2.75, 3.05) is 13.1 Å². The number of amides is 1. The van der Waals surface area contributed by atoms with Gasteiger partial charge in [-0.05, 0) is 36.1 Å². The molecule has 108 valence electrons. The number of likely N-dealkylation sites (tertiary alicyclic amines) is 1. The first-order valence-electron chi connectivity index (χ1n) is 6.77. The lowest BCUT2D eigenvalue weighted by Gasteiger charge is -2.13. The molecule has 1 unspecified atom stereocenters. The summed E-state index contributed by atoms with van der Waals surface area (Å²) in [7, 11) is 0. The van der Waals surface area contributed by atoms with Gasteiger partial charge in [0.05, 0.1) is 11.6 Å². The van der Waals surface area contributed by atoms with E-state index < -0.39 is 5.97 Å². The van der Waals surface area contributed by atoms with Gasteiger partial charge in [-0.1, -0.05) is 12.1 Å². The van der Waals surface area contributed by atoms with Gasteiger partial charge in [0.15, 0.2) is 0 Å². The van der Waals surface area contributed by atoms with Crippen molar-refractivity contribution in [2.24, 2.45) is 5.92 Å². The van der Waals surface area contributed by atoms with Gasteiger partial charge < -0.3 is 10.0 Å². The van der Waals surface area contributed by atoms with E-state index in [2.05, 4.69) is 0 Å². The fourth-order valence-corrected chi connectivity index (χ4v) is 2.43. The third-order valence-electron chi connectivity index (χ3n) is 3.49. The zero-order chi connectivity index (χ0) is 15.2. The summed E-state index contributed by atoms with van der Waals surface area (Å²) in [5, 5.41) is 17.6. The van der Waals surface area contributed by atoms with E-state index in [9.17, 15) is 9.59 Å². The van der Waals surface area contributed by atoms with E-state index in [-0.39, 0.29) is 18.2 Å². The highest BCUT2D eigenvalue weighted by atomic mass is 16.4. The highest BCUT2D eigenvalue weighted by Gasteiger charge is 2.26. The predicted molar refractivity (Wildman–Crippen MR) is 77.1 cm³/mol. The third kappa shape index (κ3) is 4.18.